The molecule has 2 amide bonds. The van der Waals surface area contributed by atoms with Crippen LogP contribution in [0.25, 0.3) is 10.2 Å². The number of oxime groups is 1. The van der Waals surface area contributed by atoms with E-state index in [1.165, 1.54) is 53.6 Å². The van der Waals surface area contributed by atoms with Crippen LogP contribution in [0.4, 0.5) is 5.13 Å². The monoisotopic (exact) mass is 1080 g/mol. The number of thiazole rings is 2. The van der Waals surface area contributed by atoms with Crippen LogP contribution >= 0.6 is 46.2 Å². The van der Waals surface area contributed by atoms with E-state index in [9.17, 15) is 19.2 Å². The average Bonchev–Trinajstić information content (AvgIpc) is 4.07. The number of methoxy groups -OCH3 is 1. The molecule has 0 saturated carbocycles. The Labute approximate surface area is 451 Å². The molecule has 1 saturated heterocycles. The summed E-state index contributed by atoms with van der Waals surface area (Å²) in [7, 11) is 1.57. The highest BCUT2D eigenvalue weighted by Gasteiger charge is 2.55. The molecule has 0 bridgehead atoms. The molecule has 4 aromatic carbocycles. The molecule has 9 rings (SSSR count). The summed E-state index contributed by atoms with van der Waals surface area (Å²) in [6, 6.07) is 38.1. The highest BCUT2D eigenvalue weighted by molar-refractivity contribution is 8.02. The van der Waals surface area contributed by atoms with E-state index in [0.29, 0.717) is 28.0 Å². The smallest absolute Gasteiger partial charge is 0.355 e. The second-order valence-electron chi connectivity index (χ2n) is 19.1. The van der Waals surface area contributed by atoms with Gasteiger partial charge in [0.2, 0.25) is 5.60 Å². The van der Waals surface area contributed by atoms with Gasteiger partial charge in [0.25, 0.3) is 11.8 Å². The molecule has 2 atom stereocenters. The van der Waals surface area contributed by atoms with Crippen molar-refractivity contribution in [1.29, 1.82) is 0 Å². The lowest BCUT2D eigenvalue weighted by molar-refractivity contribution is -0.692. The molecule has 386 valence electrons. The van der Waals surface area contributed by atoms with Gasteiger partial charge in [-0.2, -0.15) is 0 Å². The lowest BCUT2D eigenvalue weighted by Gasteiger charge is -2.49. The largest absolute Gasteiger partial charge is 0.497 e. The maximum absolute atomic E-state index is 14.8. The first kappa shape index (κ1) is 52.8. The van der Waals surface area contributed by atoms with Crippen LogP contribution in [0, 0.1) is 0 Å². The van der Waals surface area contributed by atoms with Crippen molar-refractivity contribution in [3.8, 4) is 5.75 Å². The van der Waals surface area contributed by atoms with Crippen molar-refractivity contribution in [3.63, 3.8) is 0 Å². The summed E-state index contributed by atoms with van der Waals surface area (Å²) in [6.07, 6.45) is 4.03. The van der Waals surface area contributed by atoms with Crippen molar-refractivity contribution in [2.75, 3.05) is 23.9 Å². The van der Waals surface area contributed by atoms with Crippen LogP contribution in [0.1, 0.15) is 69.5 Å². The van der Waals surface area contributed by atoms with Crippen molar-refractivity contribution in [2.24, 2.45) is 5.16 Å². The van der Waals surface area contributed by atoms with E-state index in [2.05, 4.69) is 27.3 Å². The Morgan fingerprint density at radius 1 is 0.867 bits per heavy atom. The number of ether oxygens (including phenoxy) is 3. The third-order valence-corrected chi connectivity index (χ3v) is 16.7. The van der Waals surface area contributed by atoms with Gasteiger partial charge in [-0.1, -0.05) is 120 Å². The molecule has 3 aromatic heterocycles. The quantitative estimate of drug-likeness (QED) is 0.0149. The van der Waals surface area contributed by atoms with Gasteiger partial charge in [-0.05, 0) is 81.5 Å². The number of carbonyl (C=O) groups is 4. The van der Waals surface area contributed by atoms with E-state index in [-0.39, 0.29) is 23.7 Å². The Morgan fingerprint density at radius 3 is 2.11 bits per heavy atom. The molecule has 1 unspecified atom stereocenters. The molecule has 7 aromatic rings. The molecule has 5 heterocycles. The molecule has 2 N–H and O–H groups in total. The second kappa shape index (κ2) is 22.4. The first-order valence-corrected chi connectivity index (χ1v) is 27.9. The van der Waals surface area contributed by atoms with Gasteiger partial charge in [-0.15, -0.1) is 34.4 Å². The minimum atomic E-state index is -1.65. The molecule has 1 fully saturated rings. The number of amides is 2. The molecule has 2 aliphatic rings. The number of esters is 2. The fourth-order valence-electron chi connectivity index (χ4n) is 8.42. The number of anilines is 1. The van der Waals surface area contributed by atoms with Gasteiger partial charge in [-0.3, -0.25) is 14.5 Å². The van der Waals surface area contributed by atoms with Crippen LogP contribution in [0.5, 0.6) is 5.75 Å². The summed E-state index contributed by atoms with van der Waals surface area (Å²) in [6.45, 7) is 11.0. The number of thioether (sulfide) groups is 2. The van der Waals surface area contributed by atoms with E-state index in [1.54, 1.807) is 68.9 Å². The second-order valence-corrected chi connectivity index (χ2v) is 23.3. The minimum Gasteiger partial charge on any atom is -0.497 e. The number of aromatic nitrogens is 3. The minimum absolute atomic E-state index is 0.0465. The van der Waals surface area contributed by atoms with Crippen molar-refractivity contribution in [3.05, 3.63) is 178 Å². The zero-order valence-electron chi connectivity index (χ0n) is 42.4. The zero-order chi connectivity index (χ0) is 52.9. The van der Waals surface area contributed by atoms with Crippen LogP contribution < -0.4 is 19.9 Å². The van der Waals surface area contributed by atoms with E-state index in [4.69, 9.17) is 29.0 Å². The number of nitrogens with zero attached hydrogens (tertiary/aromatic N) is 5. The van der Waals surface area contributed by atoms with Crippen LogP contribution in [0.3, 0.4) is 0 Å². The number of hydrogen-bond donors (Lipinski definition) is 2. The number of nitrogens with one attached hydrogen (secondary N) is 2. The average molecular weight is 1080 g/mol. The fraction of sp³-hybridized carbons (Fsp3) is 0.286. The van der Waals surface area contributed by atoms with Crippen molar-refractivity contribution in [1.82, 2.24) is 20.2 Å². The maximum atomic E-state index is 14.8. The van der Waals surface area contributed by atoms with Gasteiger partial charge in [0.05, 0.1) is 11.8 Å². The molecule has 0 aliphatic carbocycles. The first-order chi connectivity index (χ1) is 36.1. The van der Waals surface area contributed by atoms with E-state index in [0.717, 1.165) is 43.4 Å². The predicted octanol–water partition coefficient (Wildman–Crippen LogP) is 9.50. The van der Waals surface area contributed by atoms with Gasteiger partial charge in [0.1, 0.15) is 58.4 Å². The standard InChI is InChI=1S/C56H55N7O8S4/c1-8-62-29-28-43-41(30-62)58-53(75-43)74-33-36-32-72-49-45(48(65)63(49)46(36)50(66)69-31-35-24-26-40(68-7)27-25-35)59-47(64)44(61-71-55(5,6)51(67)70-54(2,3)4)42-34-73-52(57-42)60-56(37-18-12-9-13-19-37,38-20-14-10-15-21-38)39-22-16-11-17-23-39/h9-30,34,45,49H,8,31-33H2,1-7H3,(H-,57,59,60,64)/p+1/b61-44-/t45?,49-/m0/s1. The van der Waals surface area contributed by atoms with Crippen LogP contribution in [0.2, 0.25) is 0 Å². The molecule has 0 radical (unpaired) electrons. The van der Waals surface area contributed by atoms with Crippen molar-refractivity contribution in [2.45, 2.75) is 87.2 Å². The molecular formula is C56H56N7O8S4+. The number of rotatable bonds is 19. The third-order valence-electron chi connectivity index (χ3n) is 12.3. The van der Waals surface area contributed by atoms with Gasteiger partial charge >= 0.3 is 11.9 Å². The summed E-state index contributed by atoms with van der Waals surface area (Å²) in [4.78, 5) is 74.1. The van der Waals surface area contributed by atoms with Gasteiger partial charge < -0.3 is 29.7 Å². The Kier molecular flexibility index (Phi) is 15.8. The van der Waals surface area contributed by atoms with Crippen LogP contribution in [0.15, 0.2) is 160 Å². The Morgan fingerprint density at radius 2 is 1.51 bits per heavy atom. The summed E-state index contributed by atoms with van der Waals surface area (Å²) >= 11 is 5.71. The number of benzene rings is 4. The van der Waals surface area contributed by atoms with Crippen LogP contribution in [-0.2, 0) is 52.2 Å². The highest BCUT2D eigenvalue weighted by Crippen LogP contribution is 2.44. The maximum Gasteiger partial charge on any atom is 0.355 e. The number of β-lactam (4-membered cyclic amide) rings is 1. The van der Waals surface area contributed by atoms with Crippen molar-refractivity contribution < 1.29 is 42.8 Å². The summed E-state index contributed by atoms with van der Waals surface area (Å²) < 4.78 is 20.8. The summed E-state index contributed by atoms with van der Waals surface area (Å²) in [5.41, 5.74) is 1.64. The molecule has 15 nitrogen and oxygen atoms in total. The number of hydrogen-bond acceptors (Lipinski definition) is 16. The Bertz CT molecular complexity index is 3170. The van der Waals surface area contributed by atoms with Crippen molar-refractivity contribution >= 4 is 91.0 Å². The first-order valence-electron chi connectivity index (χ1n) is 24.2. The molecular weight excluding hydrogens is 1030 g/mol. The topological polar surface area (TPSA) is 175 Å². The number of pyridine rings is 1. The predicted molar refractivity (Wildman–Crippen MR) is 294 cm³/mol. The van der Waals surface area contributed by atoms with Gasteiger partial charge in [-0.25, -0.2) is 24.1 Å². The normalized spacial score (nSPS) is 16.0. The zero-order valence-corrected chi connectivity index (χ0v) is 45.7. The summed E-state index contributed by atoms with van der Waals surface area (Å²) in [5.74, 6) is -1.30. The van der Waals surface area contributed by atoms with E-state index in [1.807, 2.05) is 109 Å². The van der Waals surface area contributed by atoms with Gasteiger partial charge in [0, 0.05) is 23.0 Å². The Hall–Kier alpha value is -7.06. The van der Waals surface area contributed by atoms with E-state index >= 15 is 0 Å². The SMILES string of the molecule is CC[n+]1ccc2sc(SCC3=C(C(=O)OCc4ccc(OC)cc4)N4C(=O)C(NC(=O)/C(=N\OC(C)(C)C(=O)OC(C)(C)C)c5csc(NC(c6ccccc6)(c6ccccc6)c6ccccc6)n5)[C@@H]4SC3)nc2c1. The highest BCUT2D eigenvalue weighted by atomic mass is 32.2. The lowest BCUT2D eigenvalue weighted by Crippen LogP contribution is -2.71. The molecule has 0 spiro atoms. The number of fused-ring (bicyclic) bond motifs is 2. The van der Waals surface area contributed by atoms with Crippen LogP contribution in [-0.4, -0.2) is 85.6 Å². The fourth-order valence-corrected chi connectivity index (χ4v) is 12.7. The molecule has 75 heavy (non-hydrogen) atoms. The number of carbonyl (C=O) groups excluding carboxylic acids is 4. The molecule has 19 heteroatoms. The summed E-state index contributed by atoms with van der Waals surface area (Å²) in [5, 5.41) is 12.4. The third kappa shape index (κ3) is 11.6. The Balaban J connectivity index is 1.02. The molecule has 2 aliphatic heterocycles. The lowest BCUT2D eigenvalue weighted by atomic mass is 9.77. The number of aryl methyl sites for hydroxylation is 1. The van der Waals surface area contributed by atoms with E-state index < -0.39 is 51.9 Å². The van der Waals surface area contributed by atoms with Gasteiger partial charge in [0.15, 0.2) is 27.6 Å².